The Labute approximate surface area is 195 Å². The Kier molecular flexibility index (Phi) is 5.68. The van der Waals surface area contributed by atoms with E-state index in [9.17, 15) is 14.0 Å². The van der Waals surface area contributed by atoms with Crippen molar-refractivity contribution in [1.29, 1.82) is 0 Å². The molecule has 3 aromatic rings. The highest BCUT2D eigenvalue weighted by Crippen LogP contribution is 2.46. The first-order chi connectivity index (χ1) is 16.0. The molecule has 0 fully saturated rings. The Morgan fingerprint density at radius 2 is 1.88 bits per heavy atom. The molecule has 2 aromatic carbocycles. The molecule has 0 saturated carbocycles. The van der Waals surface area contributed by atoms with E-state index in [4.69, 9.17) is 0 Å². The standard InChI is InChI=1S/C27H23FN2O2S/c1-16-24(27(32)30-20-10-5-9-19(28)15-20)26(23-11-6-12-33-23)25-21(29-16)13-18(14-22(25)31)17-7-3-2-4-8-17/h2-12,15,18,26,29H,13-14H2,1H3,(H,30,32)/t18-,26-/m1/s1. The zero-order chi connectivity index (χ0) is 22.9. The molecule has 0 radical (unpaired) electrons. The van der Waals surface area contributed by atoms with Crippen molar-refractivity contribution < 1.29 is 14.0 Å². The van der Waals surface area contributed by atoms with Crippen molar-refractivity contribution in [2.45, 2.75) is 31.6 Å². The molecule has 1 aromatic heterocycles. The van der Waals surface area contributed by atoms with Crippen molar-refractivity contribution in [3.63, 3.8) is 0 Å². The molecule has 1 aliphatic carbocycles. The SMILES string of the molecule is CC1=C(C(=O)Nc2cccc(F)c2)[C@@H](c2cccs2)C2=C(C[C@@H](c3ccccc3)CC2=O)N1. The molecular formula is C27H23FN2O2S. The number of anilines is 1. The van der Waals surface area contributed by atoms with Crippen molar-refractivity contribution in [3.05, 3.63) is 111 Å². The molecule has 166 valence electrons. The monoisotopic (exact) mass is 458 g/mol. The van der Waals surface area contributed by atoms with E-state index in [-0.39, 0.29) is 17.6 Å². The third kappa shape index (κ3) is 4.14. The van der Waals surface area contributed by atoms with E-state index in [2.05, 4.69) is 22.8 Å². The van der Waals surface area contributed by atoms with Crippen LogP contribution in [-0.2, 0) is 9.59 Å². The maximum Gasteiger partial charge on any atom is 0.254 e. The second-order valence-corrected chi connectivity index (χ2v) is 9.39. The number of rotatable bonds is 4. The molecular weight excluding hydrogens is 435 g/mol. The number of carbonyl (C=O) groups excluding carboxylic acids is 2. The van der Waals surface area contributed by atoms with Gasteiger partial charge in [0.1, 0.15) is 5.82 Å². The number of halogens is 1. The summed E-state index contributed by atoms with van der Waals surface area (Å²) in [7, 11) is 0. The van der Waals surface area contributed by atoms with E-state index in [0.29, 0.717) is 35.4 Å². The van der Waals surface area contributed by atoms with Gasteiger partial charge < -0.3 is 10.6 Å². The fourth-order valence-electron chi connectivity index (χ4n) is 4.81. The lowest BCUT2D eigenvalue weighted by atomic mass is 9.73. The lowest BCUT2D eigenvalue weighted by Crippen LogP contribution is -2.36. The van der Waals surface area contributed by atoms with Crippen LogP contribution in [0.25, 0.3) is 0 Å². The summed E-state index contributed by atoms with van der Waals surface area (Å²) >= 11 is 1.53. The van der Waals surface area contributed by atoms with Gasteiger partial charge in [-0.1, -0.05) is 42.5 Å². The lowest BCUT2D eigenvalue weighted by Gasteiger charge is -2.36. The highest BCUT2D eigenvalue weighted by atomic mass is 32.1. The molecule has 4 nitrogen and oxygen atoms in total. The van der Waals surface area contributed by atoms with E-state index < -0.39 is 11.7 Å². The van der Waals surface area contributed by atoms with E-state index in [1.165, 1.54) is 23.5 Å². The number of amides is 1. The predicted molar refractivity (Wildman–Crippen MR) is 128 cm³/mol. The molecule has 6 heteroatoms. The third-order valence-electron chi connectivity index (χ3n) is 6.25. The average Bonchev–Trinajstić information content (AvgIpc) is 3.33. The molecule has 2 N–H and O–H groups in total. The van der Waals surface area contributed by atoms with Crippen LogP contribution in [0.15, 0.2) is 94.7 Å². The molecule has 5 rings (SSSR count). The van der Waals surface area contributed by atoms with Crippen LogP contribution in [0.5, 0.6) is 0 Å². The van der Waals surface area contributed by atoms with Crippen molar-refractivity contribution >= 4 is 28.7 Å². The van der Waals surface area contributed by atoms with Gasteiger partial charge in [0.25, 0.3) is 5.91 Å². The van der Waals surface area contributed by atoms with E-state index in [0.717, 1.165) is 16.1 Å². The smallest absolute Gasteiger partial charge is 0.254 e. The molecule has 2 heterocycles. The van der Waals surface area contributed by atoms with E-state index in [1.54, 1.807) is 12.1 Å². The molecule has 33 heavy (non-hydrogen) atoms. The first-order valence-corrected chi connectivity index (χ1v) is 11.8. The Morgan fingerprint density at radius 1 is 1.06 bits per heavy atom. The van der Waals surface area contributed by atoms with Gasteiger partial charge in [0.05, 0.1) is 5.92 Å². The summed E-state index contributed by atoms with van der Waals surface area (Å²) in [4.78, 5) is 27.8. The van der Waals surface area contributed by atoms with Gasteiger partial charge in [-0.05, 0) is 54.5 Å². The van der Waals surface area contributed by atoms with Crippen LogP contribution in [0, 0.1) is 5.82 Å². The fourth-order valence-corrected chi connectivity index (χ4v) is 5.65. The summed E-state index contributed by atoms with van der Waals surface area (Å²) in [6.07, 6.45) is 1.12. The van der Waals surface area contributed by atoms with Gasteiger partial charge in [0.15, 0.2) is 5.78 Å². The molecule has 2 aliphatic rings. The van der Waals surface area contributed by atoms with Gasteiger partial charge in [-0.3, -0.25) is 9.59 Å². The quantitative estimate of drug-likeness (QED) is 0.513. The number of Topliss-reactive ketones (excluding diaryl/α,β-unsaturated/α-hetero) is 1. The van der Waals surface area contributed by atoms with Crippen LogP contribution in [-0.4, -0.2) is 11.7 Å². The number of dihydropyridines is 1. The molecule has 1 aliphatic heterocycles. The Hall–Kier alpha value is -3.51. The molecule has 0 saturated heterocycles. The minimum absolute atomic E-state index is 0.0551. The largest absolute Gasteiger partial charge is 0.362 e. The summed E-state index contributed by atoms with van der Waals surface area (Å²) in [6, 6.07) is 19.8. The summed E-state index contributed by atoms with van der Waals surface area (Å²) in [5, 5.41) is 8.14. The van der Waals surface area contributed by atoms with Crippen molar-refractivity contribution in [2.75, 3.05) is 5.32 Å². The van der Waals surface area contributed by atoms with Gasteiger partial charge in [-0.2, -0.15) is 0 Å². The predicted octanol–water partition coefficient (Wildman–Crippen LogP) is 5.89. The minimum Gasteiger partial charge on any atom is -0.362 e. The van der Waals surface area contributed by atoms with E-state index >= 15 is 0 Å². The molecule has 2 atom stereocenters. The first-order valence-electron chi connectivity index (χ1n) is 10.9. The maximum atomic E-state index is 13.7. The number of thiophene rings is 1. The Bertz CT molecular complexity index is 1280. The van der Waals surface area contributed by atoms with E-state index in [1.807, 2.05) is 42.6 Å². The van der Waals surface area contributed by atoms with Crippen LogP contribution in [0.2, 0.25) is 0 Å². The highest BCUT2D eigenvalue weighted by molar-refractivity contribution is 7.10. The Balaban J connectivity index is 1.53. The fraction of sp³-hybridized carbons (Fsp3) is 0.185. The van der Waals surface area contributed by atoms with Gasteiger partial charge in [0.2, 0.25) is 0 Å². The minimum atomic E-state index is -0.445. The maximum absolute atomic E-state index is 13.7. The topological polar surface area (TPSA) is 58.2 Å². The number of hydrogen-bond acceptors (Lipinski definition) is 4. The van der Waals surface area contributed by atoms with Crippen molar-refractivity contribution in [1.82, 2.24) is 5.32 Å². The summed E-state index contributed by atoms with van der Waals surface area (Å²) in [6.45, 7) is 1.86. The molecule has 0 unspecified atom stereocenters. The lowest BCUT2D eigenvalue weighted by molar-refractivity contribution is -0.116. The second kappa shape index (κ2) is 8.79. The number of hydrogen-bond donors (Lipinski definition) is 2. The molecule has 0 spiro atoms. The van der Waals surface area contributed by atoms with Gasteiger partial charge in [0, 0.05) is 39.5 Å². The number of nitrogens with one attached hydrogen (secondary N) is 2. The van der Waals surface area contributed by atoms with Gasteiger partial charge in [-0.15, -0.1) is 11.3 Å². The number of allylic oxidation sites excluding steroid dienone is 3. The van der Waals surface area contributed by atoms with Gasteiger partial charge >= 0.3 is 0 Å². The average molecular weight is 459 g/mol. The highest BCUT2D eigenvalue weighted by Gasteiger charge is 2.41. The van der Waals surface area contributed by atoms with Crippen LogP contribution in [0.4, 0.5) is 10.1 Å². The summed E-state index contributed by atoms with van der Waals surface area (Å²) < 4.78 is 13.7. The number of carbonyl (C=O) groups is 2. The third-order valence-corrected chi connectivity index (χ3v) is 7.19. The number of benzene rings is 2. The van der Waals surface area contributed by atoms with Gasteiger partial charge in [-0.25, -0.2) is 4.39 Å². The first kappa shape index (κ1) is 21.3. The normalized spacial score (nSPS) is 20.4. The molecule has 1 amide bonds. The molecule has 0 bridgehead atoms. The summed E-state index contributed by atoms with van der Waals surface area (Å²) in [5.41, 5.74) is 4.28. The van der Waals surface area contributed by atoms with Crippen LogP contribution in [0.1, 0.15) is 42.0 Å². The van der Waals surface area contributed by atoms with Crippen molar-refractivity contribution in [2.24, 2.45) is 0 Å². The summed E-state index contributed by atoms with van der Waals surface area (Å²) in [5.74, 6) is -1.05. The Morgan fingerprint density at radius 3 is 2.61 bits per heavy atom. The second-order valence-electron chi connectivity index (χ2n) is 8.41. The van der Waals surface area contributed by atoms with Crippen LogP contribution >= 0.6 is 11.3 Å². The van der Waals surface area contributed by atoms with Crippen molar-refractivity contribution in [3.8, 4) is 0 Å². The van der Waals surface area contributed by atoms with Crippen LogP contribution in [0.3, 0.4) is 0 Å². The zero-order valence-corrected chi connectivity index (χ0v) is 18.9. The zero-order valence-electron chi connectivity index (χ0n) is 18.1. The van der Waals surface area contributed by atoms with Crippen LogP contribution < -0.4 is 10.6 Å². The number of ketones is 1.